The fourth-order valence-corrected chi connectivity index (χ4v) is 4.64. The quantitative estimate of drug-likeness (QED) is 0.507. The van der Waals surface area contributed by atoms with Crippen LogP contribution in [0.5, 0.6) is 0 Å². The molecule has 3 N–H and O–H groups in total. The number of carbonyl (C=O) groups excluding carboxylic acids is 2. The minimum Gasteiger partial charge on any atom is -0.479 e. The SMILES string of the molecule is O=C(Nc1ccc(CC(=O)N2CC(O)(C(=O)O)C2)cc1)OCC1c2ccccc2-c2ccccc21. The molecule has 0 aromatic heterocycles. The van der Waals surface area contributed by atoms with Crippen molar-refractivity contribution in [2.75, 3.05) is 25.0 Å². The molecule has 3 aromatic carbocycles. The van der Waals surface area contributed by atoms with Crippen LogP contribution in [-0.4, -0.2) is 58.4 Å². The van der Waals surface area contributed by atoms with Crippen LogP contribution >= 0.6 is 0 Å². The summed E-state index contributed by atoms with van der Waals surface area (Å²) in [6.45, 7) is -0.226. The van der Waals surface area contributed by atoms with Gasteiger partial charge in [-0.3, -0.25) is 10.1 Å². The number of nitrogens with zero attached hydrogens (tertiary/aromatic N) is 1. The van der Waals surface area contributed by atoms with Crippen molar-refractivity contribution in [2.24, 2.45) is 0 Å². The third-order valence-electron chi connectivity index (χ3n) is 6.56. The van der Waals surface area contributed by atoms with Crippen LogP contribution in [0.15, 0.2) is 72.8 Å². The summed E-state index contributed by atoms with van der Waals surface area (Å²) in [5.41, 5.74) is 3.98. The van der Waals surface area contributed by atoms with Crippen LogP contribution in [0.25, 0.3) is 11.1 Å². The maximum absolute atomic E-state index is 12.4. The number of fused-ring (bicyclic) bond motifs is 3. The smallest absolute Gasteiger partial charge is 0.411 e. The van der Waals surface area contributed by atoms with Crippen LogP contribution in [0.1, 0.15) is 22.6 Å². The van der Waals surface area contributed by atoms with Gasteiger partial charge in [-0.15, -0.1) is 0 Å². The maximum Gasteiger partial charge on any atom is 0.411 e. The normalized spacial score (nSPS) is 15.5. The largest absolute Gasteiger partial charge is 0.479 e. The third-order valence-corrected chi connectivity index (χ3v) is 6.56. The van der Waals surface area contributed by atoms with Crippen LogP contribution in [0.4, 0.5) is 10.5 Å². The van der Waals surface area contributed by atoms with Gasteiger partial charge in [0.25, 0.3) is 0 Å². The zero-order chi connectivity index (χ0) is 24.6. The van der Waals surface area contributed by atoms with Gasteiger partial charge in [-0.05, 0) is 39.9 Å². The minimum absolute atomic E-state index is 0.0261. The van der Waals surface area contributed by atoms with E-state index in [1.807, 2.05) is 24.3 Å². The molecule has 8 heteroatoms. The second-order valence-corrected chi connectivity index (χ2v) is 8.91. The molecular formula is C27H24N2O6. The highest BCUT2D eigenvalue weighted by Crippen LogP contribution is 2.44. The van der Waals surface area contributed by atoms with Crippen molar-refractivity contribution in [1.29, 1.82) is 0 Å². The van der Waals surface area contributed by atoms with E-state index in [9.17, 15) is 19.5 Å². The fraction of sp³-hybridized carbons (Fsp3) is 0.222. The van der Waals surface area contributed by atoms with E-state index in [4.69, 9.17) is 9.84 Å². The number of rotatable bonds is 6. The first-order valence-electron chi connectivity index (χ1n) is 11.3. The number of nitrogens with one attached hydrogen (secondary N) is 1. The maximum atomic E-state index is 12.4. The Bertz CT molecular complexity index is 1250. The summed E-state index contributed by atoms with van der Waals surface area (Å²) in [6, 6.07) is 23.0. The van der Waals surface area contributed by atoms with Crippen molar-refractivity contribution in [1.82, 2.24) is 4.90 Å². The molecule has 0 atom stereocenters. The number of likely N-dealkylation sites (tertiary alicyclic amines) is 1. The Balaban J connectivity index is 1.14. The molecule has 0 saturated carbocycles. The molecule has 0 bridgehead atoms. The van der Waals surface area contributed by atoms with E-state index in [-0.39, 0.29) is 37.9 Å². The number of carboxylic acid groups (broad SMARTS) is 1. The summed E-state index contributed by atoms with van der Waals surface area (Å²) in [6.07, 6.45) is -0.495. The predicted molar refractivity (Wildman–Crippen MR) is 128 cm³/mol. The number of β-amino-alcohol motifs (C(OH)–C–C–N with tert-alkyl or cyclic N) is 1. The van der Waals surface area contributed by atoms with E-state index in [1.165, 1.54) is 4.90 Å². The molecule has 0 radical (unpaired) electrons. The van der Waals surface area contributed by atoms with E-state index >= 15 is 0 Å². The summed E-state index contributed by atoms with van der Waals surface area (Å²) in [4.78, 5) is 37.0. The number of anilines is 1. The number of ether oxygens (including phenoxy) is 1. The Kier molecular flexibility index (Phi) is 5.74. The summed E-state index contributed by atoms with van der Waals surface area (Å²) in [5.74, 6) is -1.62. The number of benzene rings is 3. The fourth-order valence-electron chi connectivity index (χ4n) is 4.64. The van der Waals surface area contributed by atoms with E-state index in [0.717, 1.165) is 22.3 Å². The van der Waals surface area contributed by atoms with Crippen molar-refractivity contribution >= 4 is 23.7 Å². The van der Waals surface area contributed by atoms with E-state index in [0.29, 0.717) is 11.3 Å². The highest BCUT2D eigenvalue weighted by atomic mass is 16.5. The van der Waals surface area contributed by atoms with Gasteiger partial charge in [0.2, 0.25) is 5.91 Å². The number of carbonyl (C=O) groups is 3. The lowest BCUT2D eigenvalue weighted by Crippen LogP contribution is -2.67. The molecule has 1 saturated heterocycles. The molecule has 2 aliphatic rings. The van der Waals surface area contributed by atoms with Crippen LogP contribution < -0.4 is 5.32 Å². The number of hydrogen-bond acceptors (Lipinski definition) is 5. The van der Waals surface area contributed by atoms with Crippen molar-refractivity contribution in [3.63, 3.8) is 0 Å². The molecule has 1 heterocycles. The molecule has 3 aromatic rings. The van der Waals surface area contributed by atoms with Gasteiger partial charge >= 0.3 is 12.1 Å². The van der Waals surface area contributed by atoms with Crippen LogP contribution in [0.3, 0.4) is 0 Å². The second kappa shape index (κ2) is 8.88. The van der Waals surface area contributed by atoms with Crippen molar-refractivity contribution < 1.29 is 29.3 Å². The highest BCUT2D eigenvalue weighted by molar-refractivity contribution is 5.87. The van der Waals surface area contributed by atoms with Gasteiger partial charge < -0.3 is 19.8 Å². The Morgan fingerprint density at radius 1 is 0.914 bits per heavy atom. The lowest BCUT2D eigenvalue weighted by molar-refractivity contribution is -0.181. The molecule has 1 fully saturated rings. The lowest BCUT2D eigenvalue weighted by Gasteiger charge is -2.43. The van der Waals surface area contributed by atoms with Crippen LogP contribution in [0, 0.1) is 0 Å². The number of aliphatic hydroxyl groups is 1. The molecule has 178 valence electrons. The zero-order valence-corrected chi connectivity index (χ0v) is 18.8. The highest BCUT2D eigenvalue weighted by Gasteiger charge is 2.49. The number of carboxylic acids is 1. The van der Waals surface area contributed by atoms with Gasteiger partial charge in [-0.25, -0.2) is 9.59 Å². The first-order valence-corrected chi connectivity index (χ1v) is 11.3. The molecular weight excluding hydrogens is 448 g/mol. The molecule has 0 unspecified atom stereocenters. The number of aliphatic carboxylic acids is 1. The van der Waals surface area contributed by atoms with Crippen molar-refractivity contribution in [2.45, 2.75) is 17.9 Å². The van der Waals surface area contributed by atoms with Gasteiger partial charge in [0.1, 0.15) is 6.61 Å². The van der Waals surface area contributed by atoms with Gasteiger partial charge in [-0.2, -0.15) is 0 Å². The monoisotopic (exact) mass is 472 g/mol. The Hall–Kier alpha value is -4.17. The van der Waals surface area contributed by atoms with Crippen LogP contribution in [0.2, 0.25) is 0 Å². The molecule has 35 heavy (non-hydrogen) atoms. The first kappa shape index (κ1) is 22.6. The van der Waals surface area contributed by atoms with Gasteiger partial charge in [0, 0.05) is 11.6 Å². The zero-order valence-electron chi connectivity index (χ0n) is 18.8. The second-order valence-electron chi connectivity index (χ2n) is 8.91. The van der Waals surface area contributed by atoms with E-state index in [2.05, 4.69) is 29.6 Å². The molecule has 1 aliphatic carbocycles. The van der Waals surface area contributed by atoms with Gasteiger partial charge in [-0.1, -0.05) is 60.7 Å². The summed E-state index contributed by atoms with van der Waals surface area (Å²) in [7, 11) is 0. The van der Waals surface area contributed by atoms with E-state index in [1.54, 1.807) is 24.3 Å². The average Bonchev–Trinajstić information content (AvgIpc) is 3.15. The Morgan fingerprint density at radius 3 is 2.06 bits per heavy atom. The number of hydrogen-bond donors (Lipinski definition) is 3. The van der Waals surface area contributed by atoms with Crippen molar-refractivity contribution in [3.8, 4) is 11.1 Å². The molecule has 0 spiro atoms. The van der Waals surface area contributed by atoms with Crippen molar-refractivity contribution in [3.05, 3.63) is 89.5 Å². The average molecular weight is 472 g/mol. The standard InChI is InChI=1S/C27H24N2O6/c30-24(29-15-27(34,16-29)25(31)32)13-17-9-11-18(12-10-17)28-26(33)35-14-23-21-7-3-1-5-19(21)20-6-2-4-8-22(20)23/h1-12,23,34H,13-16H2,(H,28,33)(H,31,32). The summed E-state index contributed by atoms with van der Waals surface area (Å²) < 4.78 is 5.55. The summed E-state index contributed by atoms with van der Waals surface area (Å²) in [5, 5.41) is 21.4. The molecule has 2 amide bonds. The minimum atomic E-state index is -1.85. The Labute approximate surface area is 201 Å². The lowest BCUT2D eigenvalue weighted by atomic mass is 9.93. The predicted octanol–water partition coefficient (Wildman–Crippen LogP) is 3.25. The van der Waals surface area contributed by atoms with Gasteiger partial charge in [0.05, 0.1) is 19.5 Å². The first-order chi connectivity index (χ1) is 16.8. The summed E-state index contributed by atoms with van der Waals surface area (Å²) >= 11 is 0. The molecule has 5 rings (SSSR count). The number of amides is 2. The van der Waals surface area contributed by atoms with Crippen LogP contribution in [-0.2, 0) is 20.7 Å². The third kappa shape index (κ3) is 4.36. The topological polar surface area (TPSA) is 116 Å². The molecule has 8 nitrogen and oxygen atoms in total. The van der Waals surface area contributed by atoms with Gasteiger partial charge in [0.15, 0.2) is 5.60 Å². The molecule has 1 aliphatic heterocycles. The Morgan fingerprint density at radius 2 is 1.49 bits per heavy atom. The van der Waals surface area contributed by atoms with E-state index < -0.39 is 17.7 Å².